The lowest BCUT2D eigenvalue weighted by Gasteiger charge is -2.37. The molecule has 1 aromatic carbocycles. The van der Waals surface area contributed by atoms with Gasteiger partial charge in [-0.2, -0.15) is 4.98 Å². The zero-order chi connectivity index (χ0) is 16.4. The maximum absolute atomic E-state index is 4.65. The number of aromatic nitrogens is 2. The van der Waals surface area contributed by atoms with Crippen molar-refractivity contribution < 1.29 is 0 Å². The van der Waals surface area contributed by atoms with Crippen LogP contribution >= 0.6 is 0 Å². The molecule has 1 saturated heterocycles. The van der Waals surface area contributed by atoms with Crippen LogP contribution in [0.4, 0.5) is 17.5 Å². The lowest BCUT2D eigenvalue weighted by atomic mass is 10.1. The Labute approximate surface area is 138 Å². The predicted octanol–water partition coefficient (Wildman–Crippen LogP) is 2.49. The molecule has 0 radical (unpaired) electrons. The van der Waals surface area contributed by atoms with Crippen molar-refractivity contribution >= 4 is 17.5 Å². The summed E-state index contributed by atoms with van der Waals surface area (Å²) in [5.74, 6) is 1.78. The average Bonchev–Trinajstić information content (AvgIpc) is 2.57. The number of rotatable bonds is 3. The fourth-order valence-electron chi connectivity index (χ4n) is 2.95. The van der Waals surface area contributed by atoms with E-state index in [4.69, 9.17) is 0 Å². The molecule has 3 rings (SSSR count). The van der Waals surface area contributed by atoms with Crippen LogP contribution in [0.3, 0.4) is 0 Å². The quantitative estimate of drug-likeness (QED) is 0.870. The molecule has 0 atom stereocenters. The Balaban J connectivity index is 1.71. The second-order valence-electron chi connectivity index (χ2n) is 6.37. The highest BCUT2D eigenvalue weighted by atomic mass is 15.3. The number of piperazine rings is 1. The number of hydrogen-bond acceptors (Lipinski definition) is 5. The Morgan fingerprint density at radius 3 is 2.35 bits per heavy atom. The van der Waals surface area contributed by atoms with Crippen molar-refractivity contribution in [3.8, 4) is 0 Å². The maximum Gasteiger partial charge on any atom is 0.227 e. The predicted molar refractivity (Wildman–Crippen MR) is 96.7 cm³/mol. The largest absolute Gasteiger partial charge is 0.368 e. The highest BCUT2D eigenvalue weighted by molar-refractivity contribution is 5.56. The molecule has 1 aliphatic rings. The van der Waals surface area contributed by atoms with Crippen LogP contribution in [0.15, 0.2) is 30.5 Å². The molecule has 0 unspecified atom stereocenters. The number of benzene rings is 1. The van der Waals surface area contributed by atoms with E-state index in [1.807, 2.05) is 31.3 Å². The van der Waals surface area contributed by atoms with Gasteiger partial charge >= 0.3 is 0 Å². The summed E-state index contributed by atoms with van der Waals surface area (Å²) in [6, 6.07) is 8.61. The van der Waals surface area contributed by atoms with Crippen molar-refractivity contribution in [2.45, 2.75) is 13.8 Å². The fourth-order valence-corrected chi connectivity index (χ4v) is 2.95. The molecule has 0 spiro atoms. The summed E-state index contributed by atoms with van der Waals surface area (Å²) in [6.07, 6.45) is 1.84. The van der Waals surface area contributed by atoms with Gasteiger partial charge in [-0.3, -0.25) is 0 Å². The zero-order valence-electron chi connectivity index (χ0n) is 14.5. The fraction of sp³-hybridized carbons (Fsp3) is 0.444. The Morgan fingerprint density at radius 1 is 0.957 bits per heavy atom. The van der Waals surface area contributed by atoms with Gasteiger partial charge in [-0.15, -0.1) is 0 Å². The summed E-state index contributed by atoms with van der Waals surface area (Å²) >= 11 is 0. The zero-order valence-corrected chi connectivity index (χ0v) is 14.5. The van der Waals surface area contributed by atoms with Crippen LogP contribution in [0, 0.1) is 13.8 Å². The molecule has 5 heteroatoms. The second kappa shape index (κ2) is 6.44. The van der Waals surface area contributed by atoms with E-state index in [2.05, 4.69) is 51.8 Å². The molecular formula is C18H25N5. The van der Waals surface area contributed by atoms with E-state index in [1.165, 1.54) is 16.8 Å². The second-order valence-corrected chi connectivity index (χ2v) is 6.37. The van der Waals surface area contributed by atoms with Crippen LogP contribution in [0.5, 0.6) is 0 Å². The van der Waals surface area contributed by atoms with Gasteiger partial charge in [0, 0.05) is 52.2 Å². The van der Waals surface area contributed by atoms with E-state index >= 15 is 0 Å². The summed E-state index contributed by atoms with van der Waals surface area (Å²) < 4.78 is 0. The summed E-state index contributed by atoms with van der Waals surface area (Å²) in [5, 5.41) is 0. The summed E-state index contributed by atoms with van der Waals surface area (Å²) in [7, 11) is 4.01. The smallest absolute Gasteiger partial charge is 0.227 e. The van der Waals surface area contributed by atoms with Crippen LogP contribution in [0.25, 0.3) is 0 Å². The first-order valence-electron chi connectivity index (χ1n) is 8.12. The molecule has 23 heavy (non-hydrogen) atoms. The lowest BCUT2D eigenvalue weighted by Crippen LogP contribution is -2.47. The molecule has 0 saturated carbocycles. The Hall–Kier alpha value is -2.30. The van der Waals surface area contributed by atoms with Gasteiger partial charge < -0.3 is 14.7 Å². The van der Waals surface area contributed by atoms with Crippen LogP contribution in [-0.2, 0) is 0 Å². The van der Waals surface area contributed by atoms with Crippen LogP contribution in [-0.4, -0.2) is 50.2 Å². The van der Waals surface area contributed by atoms with Gasteiger partial charge in [0.1, 0.15) is 5.82 Å². The third kappa shape index (κ3) is 3.38. The van der Waals surface area contributed by atoms with Gasteiger partial charge in [-0.1, -0.05) is 12.1 Å². The number of hydrogen-bond donors (Lipinski definition) is 0. The highest BCUT2D eigenvalue weighted by Crippen LogP contribution is 2.24. The van der Waals surface area contributed by atoms with Gasteiger partial charge in [-0.05, 0) is 37.1 Å². The molecule has 0 aliphatic carbocycles. The van der Waals surface area contributed by atoms with Gasteiger partial charge in [0.2, 0.25) is 5.95 Å². The Morgan fingerprint density at radius 2 is 1.65 bits per heavy atom. The minimum Gasteiger partial charge on any atom is -0.368 e. The first-order valence-corrected chi connectivity index (χ1v) is 8.12. The normalized spacial score (nSPS) is 15.0. The third-order valence-electron chi connectivity index (χ3n) is 4.35. The number of anilines is 3. The van der Waals surface area contributed by atoms with Crippen LogP contribution in [0.1, 0.15) is 11.1 Å². The van der Waals surface area contributed by atoms with Crippen LogP contribution < -0.4 is 14.7 Å². The van der Waals surface area contributed by atoms with E-state index in [9.17, 15) is 0 Å². The molecule has 2 heterocycles. The lowest BCUT2D eigenvalue weighted by molar-refractivity contribution is 0.638. The third-order valence-corrected chi connectivity index (χ3v) is 4.35. The van der Waals surface area contributed by atoms with Crippen molar-refractivity contribution in [3.05, 3.63) is 41.6 Å². The molecule has 0 N–H and O–H groups in total. The number of nitrogens with zero attached hydrogens (tertiary/aromatic N) is 5. The maximum atomic E-state index is 4.65. The van der Waals surface area contributed by atoms with E-state index in [-0.39, 0.29) is 0 Å². The molecule has 1 aliphatic heterocycles. The van der Waals surface area contributed by atoms with Gasteiger partial charge in [-0.25, -0.2) is 4.98 Å². The number of aryl methyl sites for hydroxylation is 2. The summed E-state index contributed by atoms with van der Waals surface area (Å²) in [4.78, 5) is 15.8. The molecule has 0 bridgehead atoms. The molecule has 5 nitrogen and oxygen atoms in total. The first kappa shape index (κ1) is 15.6. The Bertz CT molecular complexity index is 675. The van der Waals surface area contributed by atoms with Gasteiger partial charge in [0.25, 0.3) is 0 Å². The van der Waals surface area contributed by atoms with Crippen molar-refractivity contribution in [1.82, 2.24) is 9.97 Å². The van der Waals surface area contributed by atoms with Crippen LogP contribution in [0.2, 0.25) is 0 Å². The van der Waals surface area contributed by atoms with Crippen molar-refractivity contribution in [3.63, 3.8) is 0 Å². The van der Waals surface area contributed by atoms with Crippen molar-refractivity contribution in [1.29, 1.82) is 0 Å². The Kier molecular flexibility index (Phi) is 4.37. The van der Waals surface area contributed by atoms with E-state index in [0.29, 0.717) is 0 Å². The molecule has 2 aromatic rings. The summed E-state index contributed by atoms with van der Waals surface area (Å²) in [5.41, 5.74) is 4.01. The monoisotopic (exact) mass is 311 g/mol. The standard InChI is InChI=1S/C18H25N5/c1-14-5-6-15(2)16(13-14)22-9-11-23(12-10-22)18-19-8-7-17(20-18)21(3)4/h5-8,13H,9-12H2,1-4H3. The molecule has 0 amide bonds. The SMILES string of the molecule is Cc1ccc(C)c(N2CCN(c3nccc(N(C)C)n3)CC2)c1. The molecule has 1 aromatic heterocycles. The van der Waals surface area contributed by atoms with Crippen molar-refractivity contribution in [2.75, 3.05) is 55.0 Å². The first-order chi connectivity index (χ1) is 11.0. The van der Waals surface area contributed by atoms with Gasteiger partial charge in [0.05, 0.1) is 0 Å². The highest BCUT2D eigenvalue weighted by Gasteiger charge is 2.20. The topological polar surface area (TPSA) is 35.5 Å². The van der Waals surface area contributed by atoms with E-state index in [0.717, 1.165) is 37.9 Å². The molecule has 122 valence electrons. The minimum atomic E-state index is 0.830. The van der Waals surface area contributed by atoms with Crippen molar-refractivity contribution in [2.24, 2.45) is 0 Å². The average molecular weight is 311 g/mol. The molecular weight excluding hydrogens is 286 g/mol. The van der Waals surface area contributed by atoms with E-state index in [1.54, 1.807) is 0 Å². The van der Waals surface area contributed by atoms with E-state index < -0.39 is 0 Å². The minimum absolute atomic E-state index is 0.830. The summed E-state index contributed by atoms with van der Waals surface area (Å²) in [6.45, 7) is 8.23. The van der Waals surface area contributed by atoms with Gasteiger partial charge in [0.15, 0.2) is 0 Å². The molecule has 1 fully saturated rings.